The number of rotatable bonds is 10. The molecule has 2 fully saturated rings. The number of hydrogen-bond acceptors (Lipinski definition) is 12. The quantitative estimate of drug-likeness (QED) is 0.241. The van der Waals surface area contributed by atoms with Crippen LogP contribution in [0.3, 0.4) is 0 Å². The first kappa shape index (κ1) is 27.4. The van der Waals surface area contributed by atoms with Crippen LogP contribution in [0.2, 0.25) is 0 Å². The summed E-state index contributed by atoms with van der Waals surface area (Å²) in [6.45, 7) is 6.13. The third-order valence-electron chi connectivity index (χ3n) is 6.65. The van der Waals surface area contributed by atoms with Gasteiger partial charge < -0.3 is 29.6 Å². The van der Waals surface area contributed by atoms with E-state index in [2.05, 4.69) is 20.0 Å². The second kappa shape index (κ2) is 10.1. The van der Waals surface area contributed by atoms with Crippen molar-refractivity contribution < 1.29 is 37.7 Å². The average molecular weight is 563 g/mol. The van der Waals surface area contributed by atoms with E-state index in [1.54, 1.807) is 55.7 Å². The van der Waals surface area contributed by atoms with Crippen molar-refractivity contribution in [3.63, 3.8) is 0 Å². The summed E-state index contributed by atoms with van der Waals surface area (Å²) >= 11 is 0. The van der Waals surface area contributed by atoms with E-state index in [-0.39, 0.29) is 24.3 Å². The fourth-order valence-electron chi connectivity index (χ4n) is 4.66. The molecule has 2 saturated heterocycles. The van der Waals surface area contributed by atoms with Gasteiger partial charge in [0, 0.05) is 0 Å². The van der Waals surface area contributed by atoms with E-state index in [1.807, 2.05) is 0 Å². The number of carbonyl (C=O) groups is 1. The maximum Gasteiger partial charge on any atom is 0.459 e. The van der Waals surface area contributed by atoms with Gasteiger partial charge in [-0.3, -0.25) is 13.9 Å². The lowest BCUT2D eigenvalue weighted by atomic mass is 9.92. The van der Waals surface area contributed by atoms with Crippen LogP contribution in [0.5, 0.6) is 5.75 Å². The molecular weight excluding hydrogens is 531 g/mol. The van der Waals surface area contributed by atoms with Crippen molar-refractivity contribution in [3.8, 4) is 5.75 Å². The molecule has 210 valence electrons. The van der Waals surface area contributed by atoms with E-state index in [4.69, 9.17) is 29.0 Å². The zero-order valence-corrected chi connectivity index (χ0v) is 22.8. The minimum atomic E-state index is -4.21. The number of aliphatic hydroxyl groups is 1. The second-order valence-electron chi connectivity index (χ2n) is 10.0. The van der Waals surface area contributed by atoms with Crippen molar-refractivity contribution in [1.29, 1.82) is 0 Å². The molecule has 0 unspecified atom stereocenters. The summed E-state index contributed by atoms with van der Waals surface area (Å²) in [5.41, 5.74) is 4.05. The lowest BCUT2D eigenvalue weighted by Gasteiger charge is -2.34. The van der Waals surface area contributed by atoms with Gasteiger partial charge in [-0.15, -0.1) is 0 Å². The number of nitrogens with two attached hydrogens (primary N) is 1. The van der Waals surface area contributed by atoms with Gasteiger partial charge in [-0.25, -0.2) is 19.5 Å². The molecule has 3 aromatic rings. The Morgan fingerprint density at radius 2 is 2.03 bits per heavy atom. The predicted octanol–water partition coefficient (Wildman–Crippen LogP) is 1.96. The molecular formula is C24H31N6O8P. The van der Waals surface area contributed by atoms with Crippen molar-refractivity contribution in [3.05, 3.63) is 43.0 Å². The summed E-state index contributed by atoms with van der Waals surface area (Å²) in [5.74, 6) is -0.191. The number of imidazole rings is 1. The highest BCUT2D eigenvalue weighted by Gasteiger charge is 2.69. The van der Waals surface area contributed by atoms with E-state index in [9.17, 15) is 14.5 Å². The van der Waals surface area contributed by atoms with Crippen molar-refractivity contribution >= 4 is 30.7 Å². The molecule has 4 N–H and O–H groups in total. The van der Waals surface area contributed by atoms with Gasteiger partial charge in [0.25, 0.3) is 0 Å². The molecule has 2 aromatic heterocycles. The summed E-state index contributed by atoms with van der Waals surface area (Å²) in [4.78, 5) is 24.9. The summed E-state index contributed by atoms with van der Waals surface area (Å²) < 4.78 is 44.6. The Labute approximate surface area is 224 Å². The molecule has 6 atom stereocenters. The zero-order chi connectivity index (χ0) is 28.0. The van der Waals surface area contributed by atoms with Gasteiger partial charge in [-0.1, -0.05) is 18.2 Å². The van der Waals surface area contributed by atoms with Gasteiger partial charge >= 0.3 is 13.7 Å². The fourth-order valence-corrected chi connectivity index (χ4v) is 6.21. The molecule has 0 spiro atoms. The number of para-hydroxylation sites is 1. The van der Waals surface area contributed by atoms with Gasteiger partial charge in [-0.05, 0) is 39.8 Å². The topological polar surface area (TPSA) is 182 Å². The largest absolute Gasteiger partial charge is 0.462 e. The highest BCUT2D eigenvalue weighted by Crippen LogP contribution is 2.55. The first-order chi connectivity index (χ1) is 18.5. The van der Waals surface area contributed by atoms with Crippen molar-refractivity contribution in [2.75, 3.05) is 18.9 Å². The third-order valence-corrected chi connectivity index (χ3v) is 8.27. The van der Waals surface area contributed by atoms with E-state index < -0.39 is 49.9 Å². The van der Waals surface area contributed by atoms with Crippen LogP contribution in [0.4, 0.5) is 5.82 Å². The average Bonchev–Trinajstić information content (AvgIpc) is 3.49. The number of aliphatic hydroxyl groups excluding tert-OH is 1. The van der Waals surface area contributed by atoms with Gasteiger partial charge in [-0.2, -0.15) is 5.09 Å². The van der Waals surface area contributed by atoms with Crippen LogP contribution in [0, 0.1) is 0 Å². The van der Waals surface area contributed by atoms with Crippen LogP contribution < -0.4 is 15.3 Å². The van der Waals surface area contributed by atoms with Gasteiger partial charge in [0.1, 0.15) is 40.9 Å². The van der Waals surface area contributed by atoms with Crippen LogP contribution in [0.25, 0.3) is 11.2 Å². The fraction of sp³-hybridized carbons (Fsp3) is 0.500. The molecule has 1 aromatic carbocycles. The van der Waals surface area contributed by atoms with Crippen LogP contribution in [-0.4, -0.2) is 73.3 Å². The highest BCUT2D eigenvalue weighted by atomic mass is 31.2. The number of esters is 1. The van der Waals surface area contributed by atoms with Gasteiger partial charge in [0.05, 0.1) is 25.6 Å². The number of nitrogens with zero attached hydrogens (tertiary/aromatic N) is 4. The summed E-state index contributed by atoms with van der Waals surface area (Å²) in [6, 6.07) is 7.32. The predicted molar refractivity (Wildman–Crippen MR) is 137 cm³/mol. The number of hydrogen-bond donors (Lipinski definition) is 3. The first-order valence-corrected chi connectivity index (χ1v) is 13.9. The van der Waals surface area contributed by atoms with E-state index in [0.717, 1.165) is 0 Å². The Bertz CT molecular complexity index is 1410. The van der Waals surface area contributed by atoms with Crippen LogP contribution in [0.1, 0.15) is 33.9 Å². The zero-order valence-electron chi connectivity index (χ0n) is 21.9. The van der Waals surface area contributed by atoms with Crippen molar-refractivity contribution in [2.24, 2.45) is 0 Å². The minimum absolute atomic E-state index is 0.0544. The molecule has 2 bridgehead atoms. The number of ether oxygens (including phenoxy) is 3. The lowest BCUT2D eigenvalue weighted by Crippen LogP contribution is -2.46. The van der Waals surface area contributed by atoms with Crippen molar-refractivity contribution in [1.82, 2.24) is 24.6 Å². The summed E-state index contributed by atoms with van der Waals surface area (Å²) in [6.07, 6.45) is 0.342. The highest BCUT2D eigenvalue weighted by molar-refractivity contribution is 7.52. The number of aromatic nitrogens is 4. The Balaban J connectivity index is 1.39. The van der Waals surface area contributed by atoms with Gasteiger partial charge in [0.2, 0.25) is 0 Å². The molecule has 0 saturated carbocycles. The van der Waals surface area contributed by atoms with Crippen LogP contribution >= 0.6 is 7.75 Å². The third kappa shape index (κ3) is 4.99. The van der Waals surface area contributed by atoms with Crippen molar-refractivity contribution in [2.45, 2.75) is 63.4 Å². The molecule has 5 rings (SSSR count). The summed E-state index contributed by atoms with van der Waals surface area (Å²) in [5, 5.41) is 14.0. The number of nitrogens with one attached hydrogen (secondary N) is 1. The van der Waals surface area contributed by atoms with Gasteiger partial charge in [0.15, 0.2) is 17.7 Å². The number of benzene rings is 1. The molecule has 0 aliphatic carbocycles. The molecule has 2 aliphatic heterocycles. The summed E-state index contributed by atoms with van der Waals surface area (Å²) in [7, 11) is -4.21. The number of anilines is 1. The Morgan fingerprint density at radius 3 is 2.74 bits per heavy atom. The smallest absolute Gasteiger partial charge is 0.459 e. The molecule has 39 heavy (non-hydrogen) atoms. The Kier molecular flexibility index (Phi) is 7.12. The molecule has 15 heteroatoms. The second-order valence-corrected chi connectivity index (χ2v) is 11.7. The monoisotopic (exact) mass is 562 g/mol. The molecule has 14 nitrogen and oxygen atoms in total. The molecule has 0 radical (unpaired) electrons. The lowest BCUT2D eigenvalue weighted by molar-refractivity contribution is -0.209. The maximum absolute atomic E-state index is 13.9. The van der Waals surface area contributed by atoms with Crippen LogP contribution in [0.15, 0.2) is 43.0 Å². The standard InChI is InChI=1S/C24H31N6O8P/c1-14(2)36-20(31)15(3)29-39(33,38-16-8-6-5-7-9-16)35-11-24-10-34-23(4,21(24)32)22(37-24)30-13-28-17-18(25)26-12-27-19(17)30/h5-9,12-15,21-22,32H,10-11H2,1-4H3,(H,29,33)(H2,25,26,27)/t15-,21+,22-,23-,24-,39+/m1/s1. The van der Waals surface area contributed by atoms with E-state index >= 15 is 0 Å². The Hall–Kier alpha value is -3.13. The maximum atomic E-state index is 13.9. The number of nitrogen functional groups attached to an aromatic ring is 1. The van der Waals surface area contributed by atoms with Crippen LogP contribution in [-0.2, 0) is 28.1 Å². The normalized spacial score (nSPS) is 28.5. The molecule has 4 heterocycles. The molecule has 0 amide bonds. The molecule has 2 aliphatic rings. The van der Waals surface area contributed by atoms with E-state index in [0.29, 0.717) is 11.2 Å². The SMILES string of the molecule is CC(C)OC(=O)[C@@H](C)N[P@](=O)(OC[C@]12CO[C@](C)([C@@H]1O)[C@H](n1cnc3c(N)ncnc31)O2)Oc1ccccc1. The number of fused-ring (bicyclic) bond motifs is 3. The van der Waals surface area contributed by atoms with E-state index in [1.165, 1.54) is 19.6 Å². The number of carbonyl (C=O) groups excluding carboxylic acids is 1. The Morgan fingerprint density at radius 1 is 1.28 bits per heavy atom. The minimum Gasteiger partial charge on any atom is -0.462 e. The first-order valence-electron chi connectivity index (χ1n) is 12.4.